The number of rotatable bonds is 2. The summed E-state index contributed by atoms with van der Waals surface area (Å²) < 4.78 is 24.7. The highest BCUT2D eigenvalue weighted by atomic mass is 31.2. The molecular formula is C10H9FNO2P. The molecule has 2 rings (SSSR count). The lowest BCUT2D eigenvalue weighted by Crippen LogP contribution is -2.16. The summed E-state index contributed by atoms with van der Waals surface area (Å²) in [4.78, 5) is 9.88. The number of hydrogen-bond acceptors (Lipinski definition) is 2. The minimum atomic E-state index is -3.68. The van der Waals surface area contributed by atoms with Crippen molar-refractivity contribution < 1.29 is 13.8 Å². The first kappa shape index (κ1) is 10.4. The molecule has 1 aliphatic carbocycles. The molecule has 0 amide bonds. The highest BCUT2D eigenvalue weighted by Gasteiger charge is 2.58. The van der Waals surface area contributed by atoms with Gasteiger partial charge in [0.15, 0.2) is 0 Å². The molecule has 0 spiro atoms. The quantitative estimate of drug-likeness (QED) is 0.780. The van der Waals surface area contributed by atoms with Crippen LogP contribution < -0.4 is 5.30 Å². The van der Waals surface area contributed by atoms with Gasteiger partial charge >= 0.3 is 0 Å². The lowest BCUT2D eigenvalue weighted by molar-refractivity contribution is 0.481. The molecule has 1 aliphatic rings. The number of hydrogen-bond donors (Lipinski definition) is 1. The molecule has 0 bridgehead atoms. The Morgan fingerprint density at radius 3 is 2.33 bits per heavy atom. The summed E-state index contributed by atoms with van der Waals surface area (Å²) in [5.41, 5.74) is 0. The molecule has 15 heavy (non-hydrogen) atoms. The maximum Gasteiger partial charge on any atom is 0.249 e. The second-order valence-corrected chi connectivity index (χ2v) is 6.22. The summed E-state index contributed by atoms with van der Waals surface area (Å²) in [5, 5.41) is 7.89. The van der Waals surface area contributed by atoms with Crippen molar-refractivity contribution in [1.29, 1.82) is 5.26 Å². The molecule has 5 heteroatoms. The third kappa shape index (κ3) is 1.49. The van der Waals surface area contributed by atoms with Crippen LogP contribution in [0, 0.1) is 17.1 Å². The predicted octanol–water partition coefficient (Wildman–Crippen LogP) is 1.78. The van der Waals surface area contributed by atoms with Crippen LogP contribution in [0.1, 0.15) is 12.8 Å². The first-order valence-electron chi connectivity index (χ1n) is 4.52. The van der Waals surface area contributed by atoms with Gasteiger partial charge in [0.25, 0.3) is 0 Å². The van der Waals surface area contributed by atoms with Crippen molar-refractivity contribution in [2.24, 2.45) is 0 Å². The van der Waals surface area contributed by atoms with Gasteiger partial charge in [-0.3, -0.25) is 4.57 Å². The average Bonchev–Trinajstić information content (AvgIpc) is 2.99. The standard InChI is InChI=1S/C10H9FNO2P/c11-8-1-3-9(4-2-8)15(13,14)10(7-12)5-6-10/h1-4H,5-6H2,(H,13,14). The monoisotopic (exact) mass is 225 g/mol. The lowest BCUT2D eigenvalue weighted by atomic mass is 10.3. The molecule has 0 aliphatic heterocycles. The number of halogens is 1. The van der Waals surface area contributed by atoms with Gasteiger partial charge in [-0.25, -0.2) is 4.39 Å². The predicted molar refractivity (Wildman–Crippen MR) is 53.4 cm³/mol. The summed E-state index contributed by atoms with van der Waals surface area (Å²) in [7, 11) is -3.68. The van der Waals surface area contributed by atoms with E-state index in [2.05, 4.69) is 0 Å². The Morgan fingerprint density at radius 2 is 1.93 bits per heavy atom. The van der Waals surface area contributed by atoms with E-state index in [1.807, 2.05) is 6.07 Å². The Morgan fingerprint density at radius 1 is 1.40 bits per heavy atom. The van der Waals surface area contributed by atoms with Crippen molar-refractivity contribution in [3.05, 3.63) is 30.1 Å². The molecule has 78 valence electrons. The van der Waals surface area contributed by atoms with Crippen LogP contribution in [0.2, 0.25) is 0 Å². The van der Waals surface area contributed by atoms with Gasteiger partial charge in [0.2, 0.25) is 7.37 Å². The summed E-state index contributed by atoms with van der Waals surface area (Å²) in [6.45, 7) is 0. The fourth-order valence-electron chi connectivity index (χ4n) is 1.49. The Balaban J connectivity index is 2.43. The van der Waals surface area contributed by atoms with E-state index in [0.29, 0.717) is 12.8 Å². The maximum absolute atomic E-state index is 12.6. The highest BCUT2D eigenvalue weighted by Crippen LogP contribution is 2.66. The van der Waals surface area contributed by atoms with E-state index in [1.54, 1.807) is 0 Å². The largest absolute Gasteiger partial charge is 0.340 e. The highest BCUT2D eigenvalue weighted by molar-refractivity contribution is 7.68. The van der Waals surface area contributed by atoms with Gasteiger partial charge < -0.3 is 4.89 Å². The minimum absolute atomic E-state index is 0.156. The summed E-state index contributed by atoms with van der Waals surface area (Å²) in [6, 6.07) is 6.70. The zero-order valence-corrected chi connectivity index (χ0v) is 8.75. The molecule has 1 unspecified atom stereocenters. The Hall–Kier alpha value is -1.17. The summed E-state index contributed by atoms with van der Waals surface area (Å²) >= 11 is 0. The second-order valence-electron chi connectivity index (χ2n) is 3.70. The summed E-state index contributed by atoms with van der Waals surface area (Å²) in [5.74, 6) is -0.458. The van der Waals surface area contributed by atoms with E-state index >= 15 is 0 Å². The van der Waals surface area contributed by atoms with Crippen LogP contribution in [-0.2, 0) is 4.57 Å². The molecule has 1 aromatic carbocycles. The molecule has 1 fully saturated rings. The van der Waals surface area contributed by atoms with E-state index in [-0.39, 0.29) is 5.30 Å². The van der Waals surface area contributed by atoms with Gasteiger partial charge in [0.1, 0.15) is 11.0 Å². The Kier molecular flexibility index (Phi) is 2.18. The zero-order valence-electron chi connectivity index (χ0n) is 7.85. The van der Waals surface area contributed by atoms with E-state index < -0.39 is 18.3 Å². The van der Waals surface area contributed by atoms with Gasteiger partial charge in [-0.05, 0) is 37.1 Å². The van der Waals surface area contributed by atoms with Crippen LogP contribution in [0.4, 0.5) is 4.39 Å². The molecule has 1 aromatic rings. The first-order chi connectivity index (χ1) is 7.02. The van der Waals surface area contributed by atoms with Crippen LogP contribution in [-0.4, -0.2) is 10.0 Å². The van der Waals surface area contributed by atoms with Crippen LogP contribution in [0.5, 0.6) is 0 Å². The van der Waals surface area contributed by atoms with Crippen molar-refractivity contribution in [1.82, 2.24) is 0 Å². The second kappa shape index (κ2) is 3.16. The topological polar surface area (TPSA) is 61.1 Å². The van der Waals surface area contributed by atoms with Crippen molar-refractivity contribution in [3.8, 4) is 6.07 Å². The van der Waals surface area contributed by atoms with Gasteiger partial charge in [-0.2, -0.15) is 5.26 Å². The van der Waals surface area contributed by atoms with Gasteiger partial charge in [0.05, 0.1) is 6.07 Å². The normalized spacial score (nSPS) is 21.4. The molecule has 0 heterocycles. The zero-order chi connectivity index (χ0) is 11.1. The van der Waals surface area contributed by atoms with Crippen molar-refractivity contribution in [2.75, 3.05) is 0 Å². The molecular weight excluding hydrogens is 216 g/mol. The van der Waals surface area contributed by atoms with Gasteiger partial charge in [-0.1, -0.05) is 0 Å². The fourth-order valence-corrected chi connectivity index (χ4v) is 3.39. The molecule has 0 aromatic heterocycles. The molecule has 1 atom stereocenters. The molecule has 1 N–H and O–H groups in total. The SMILES string of the molecule is N#CC1(P(=O)(O)c2ccc(F)cc2)CC1. The van der Waals surface area contributed by atoms with Crippen molar-refractivity contribution in [2.45, 2.75) is 18.0 Å². The van der Waals surface area contributed by atoms with Crippen LogP contribution in [0.25, 0.3) is 0 Å². The minimum Gasteiger partial charge on any atom is -0.340 e. The molecule has 0 radical (unpaired) electrons. The van der Waals surface area contributed by atoms with E-state index in [0.717, 1.165) is 12.1 Å². The third-order valence-electron chi connectivity index (χ3n) is 2.69. The average molecular weight is 225 g/mol. The van der Waals surface area contributed by atoms with Crippen molar-refractivity contribution >= 4 is 12.7 Å². The number of nitrogens with zero attached hydrogens (tertiary/aromatic N) is 1. The Bertz CT molecular complexity index is 473. The van der Waals surface area contributed by atoms with Gasteiger partial charge in [-0.15, -0.1) is 0 Å². The fraction of sp³-hybridized carbons (Fsp3) is 0.300. The smallest absolute Gasteiger partial charge is 0.249 e. The van der Waals surface area contributed by atoms with E-state index in [9.17, 15) is 13.8 Å². The Labute approximate surface area is 86.6 Å². The van der Waals surface area contributed by atoms with Gasteiger partial charge in [0, 0.05) is 5.30 Å². The van der Waals surface area contributed by atoms with Crippen LogP contribution in [0.3, 0.4) is 0 Å². The maximum atomic E-state index is 12.6. The molecule has 0 saturated heterocycles. The van der Waals surface area contributed by atoms with E-state index in [4.69, 9.17) is 5.26 Å². The van der Waals surface area contributed by atoms with Crippen LogP contribution in [0.15, 0.2) is 24.3 Å². The lowest BCUT2D eigenvalue weighted by Gasteiger charge is -2.15. The number of nitriles is 1. The van der Waals surface area contributed by atoms with Crippen molar-refractivity contribution in [3.63, 3.8) is 0 Å². The molecule has 1 saturated carbocycles. The van der Waals surface area contributed by atoms with E-state index in [1.165, 1.54) is 12.1 Å². The van der Waals surface area contributed by atoms with Crippen LogP contribution >= 0.6 is 7.37 Å². The number of benzene rings is 1. The third-order valence-corrected chi connectivity index (χ3v) is 5.39. The first-order valence-corrected chi connectivity index (χ1v) is 6.18. The summed E-state index contributed by atoms with van der Waals surface area (Å²) in [6.07, 6.45) is 0.878. The molecule has 3 nitrogen and oxygen atoms in total.